The molecule has 0 aliphatic carbocycles. The van der Waals surface area contributed by atoms with Crippen LogP contribution in [0.5, 0.6) is 0 Å². The van der Waals surface area contributed by atoms with E-state index in [9.17, 15) is 26.7 Å². The number of halogens is 6. The minimum Gasteiger partial charge on any atom is -0.478 e. The van der Waals surface area contributed by atoms with E-state index < -0.39 is 40.4 Å². The molecule has 9 heteroatoms. The van der Waals surface area contributed by atoms with E-state index in [0.29, 0.717) is 6.20 Å². The Morgan fingerprint density at radius 1 is 1.41 bits per heavy atom. The summed E-state index contributed by atoms with van der Waals surface area (Å²) in [7, 11) is 0. The van der Waals surface area contributed by atoms with Crippen LogP contribution in [0.15, 0.2) is 6.20 Å². The van der Waals surface area contributed by atoms with Crippen LogP contribution in [0.4, 0.5) is 22.0 Å². The molecule has 0 saturated carbocycles. The fourth-order valence-corrected chi connectivity index (χ4v) is 1.43. The summed E-state index contributed by atoms with van der Waals surface area (Å²) in [6.45, 7) is 0. The van der Waals surface area contributed by atoms with E-state index >= 15 is 0 Å². The predicted molar refractivity (Wildman–Crippen MR) is 46.2 cm³/mol. The van der Waals surface area contributed by atoms with Crippen molar-refractivity contribution in [3.05, 3.63) is 28.0 Å². The first-order valence-electron chi connectivity index (χ1n) is 3.93. The lowest BCUT2D eigenvalue weighted by atomic mass is 10.0. The number of carbonyl (C=O) groups is 1. The Bertz CT molecular complexity index is 460. The Balaban J connectivity index is 3.67. The fraction of sp³-hybridized carbons (Fsp3) is 0.250. The topological polar surface area (TPSA) is 50.2 Å². The number of rotatable bonds is 2. The first-order chi connectivity index (χ1) is 7.66. The van der Waals surface area contributed by atoms with Crippen molar-refractivity contribution in [2.24, 2.45) is 0 Å². The van der Waals surface area contributed by atoms with E-state index in [-0.39, 0.29) is 0 Å². The van der Waals surface area contributed by atoms with Crippen LogP contribution < -0.4 is 0 Å². The summed E-state index contributed by atoms with van der Waals surface area (Å²) in [6.07, 6.45) is -8.47. The Kier molecular flexibility index (Phi) is 3.56. The van der Waals surface area contributed by atoms with E-state index in [2.05, 4.69) is 4.98 Å². The molecule has 1 rings (SSSR count). The number of aromatic nitrogens is 1. The molecule has 0 aromatic carbocycles. The standard InChI is InChI=1S/C8H3ClF5NO2/c9-5-4(8(12,13)14)3(6(10)11)2(1-15-5)7(16)17/h1,6H,(H,16,17). The van der Waals surface area contributed by atoms with Gasteiger partial charge in [0.15, 0.2) is 0 Å². The van der Waals surface area contributed by atoms with Crippen molar-refractivity contribution < 1.29 is 31.9 Å². The summed E-state index contributed by atoms with van der Waals surface area (Å²) in [5, 5.41) is 7.30. The van der Waals surface area contributed by atoms with E-state index in [1.807, 2.05) is 0 Å². The Morgan fingerprint density at radius 3 is 2.29 bits per heavy atom. The third kappa shape index (κ3) is 2.63. The smallest absolute Gasteiger partial charge is 0.419 e. The first-order valence-corrected chi connectivity index (χ1v) is 4.31. The van der Waals surface area contributed by atoms with E-state index in [1.54, 1.807) is 0 Å². The third-order valence-electron chi connectivity index (χ3n) is 1.80. The second-order valence-corrected chi connectivity index (χ2v) is 3.21. The average molecular weight is 276 g/mol. The van der Waals surface area contributed by atoms with Crippen LogP contribution in [0.25, 0.3) is 0 Å². The van der Waals surface area contributed by atoms with Gasteiger partial charge < -0.3 is 5.11 Å². The second kappa shape index (κ2) is 4.44. The molecule has 0 aliphatic rings. The third-order valence-corrected chi connectivity index (χ3v) is 2.09. The van der Waals surface area contributed by atoms with Gasteiger partial charge in [0.25, 0.3) is 6.43 Å². The molecule has 0 atom stereocenters. The highest BCUT2D eigenvalue weighted by Gasteiger charge is 2.41. The Labute approximate surface area is 95.8 Å². The number of hydrogen-bond acceptors (Lipinski definition) is 2. The normalized spacial score (nSPS) is 11.9. The van der Waals surface area contributed by atoms with Gasteiger partial charge in [0, 0.05) is 11.8 Å². The monoisotopic (exact) mass is 275 g/mol. The lowest BCUT2D eigenvalue weighted by Gasteiger charge is -2.15. The zero-order valence-corrected chi connectivity index (χ0v) is 8.48. The van der Waals surface area contributed by atoms with Gasteiger partial charge in [0.1, 0.15) is 10.7 Å². The zero-order valence-electron chi connectivity index (χ0n) is 7.73. The van der Waals surface area contributed by atoms with Gasteiger partial charge in [-0.1, -0.05) is 11.6 Å². The Hall–Kier alpha value is -1.44. The molecule has 0 spiro atoms. The van der Waals surface area contributed by atoms with Crippen LogP contribution in [0.2, 0.25) is 5.15 Å². The van der Waals surface area contributed by atoms with Gasteiger partial charge in [0.2, 0.25) is 0 Å². The number of hydrogen-bond donors (Lipinski definition) is 1. The molecular formula is C8H3ClF5NO2. The minimum atomic E-state index is -5.21. The maximum Gasteiger partial charge on any atom is 0.419 e. The molecule has 1 N–H and O–H groups in total. The molecule has 0 saturated heterocycles. The van der Waals surface area contributed by atoms with E-state index in [0.717, 1.165) is 0 Å². The van der Waals surface area contributed by atoms with Crippen molar-refractivity contribution in [3.8, 4) is 0 Å². The predicted octanol–water partition coefficient (Wildman–Crippen LogP) is 3.39. The molecule has 17 heavy (non-hydrogen) atoms. The molecule has 1 aromatic heterocycles. The molecule has 0 fully saturated rings. The molecular weight excluding hydrogens is 273 g/mol. The molecule has 1 aromatic rings. The molecule has 0 amide bonds. The van der Waals surface area contributed by atoms with Gasteiger partial charge >= 0.3 is 12.1 Å². The maximum absolute atomic E-state index is 12.5. The number of carboxylic acid groups (broad SMARTS) is 1. The van der Waals surface area contributed by atoms with Crippen molar-refractivity contribution in [3.63, 3.8) is 0 Å². The average Bonchev–Trinajstić information content (AvgIpc) is 2.14. The summed E-state index contributed by atoms with van der Waals surface area (Å²) >= 11 is 5.08. The fourth-order valence-electron chi connectivity index (χ4n) is 1.17. The number of pyridine rings is 1. The van der Waals surface area contributed by atoms with Crippen LogP contribution >= 0.6 is 11.6 Å². The van der Waals surface area contributed by atoms with Gasteiger partial charge in [-0.3, -0.25) is 0 Å². The van der Waals surface area contributed by atoms with Crippen molar-refractivity contribution in [1.82, 2.24) is 4.98 Å². The minimum absolute atomic E-state index is 0.362. The summed E-state index contributed by atoms with van der Waals surface area (Å²) in [4.78, 5) is 13.5. The van der Waals surface area contributed by atoms with Crippen molar-refractivity contribution in [2.75, 3.05) is 0 Å². The van der Waals surface area contributed by atoms with Gasteiger partial charge in [0.05, 0.1) is 5.56 Å². The number of carboxylic acids is 1. The summed E-state index contributed by atoms with van der Waals surface area (Å²) in [5.41, 5.74) is -4.82. The second-order valence-electron chi connectivity index (χ2n) is 2.85. The van der Waals surface area contributed by atoms with Crippen molar-refractivity contribution >= 4 is 17.6 Å². The molecule has 3 nitrogen and oxygen atoms in total. The van der Waals surface area contributed by atoms with Crippen molar-refractivity contribution in [2.45, 2.75) is 12.6 Å². The molecule has 0 aliphatic heterocycles. The highest BCUT2D eigenvalue weighted by Crippen LogP contribution is 2.41. The Morgan fingerprint density at radius 2 is 1.94 bits per heavy atom. The molecule has 94 valence electrons. The molecule has 0 bridgehead atoms. The van der Waals surface area contributed by atoms with Gasteiger partial charge in [-0.05, 0) is 0 Å². The van der Waals surface area contributed by atoms with Crippen LogP contribution in [0.3, 0.4) is 0 Å². The maximum atomic E-state index is 12.5. The van der Waals surface area contributed by atoms with Crippen LogP contribution in [0.1, 0.15) is 27.9 Å². The summed E-state index contributed by atoms with van der Waals surface area (Å²) < 4.78 is 62.4. The van der Waals surface area contributed by atoms with E-state index in [1.165, 1.54) is 0 Å². The van der Waals surface area contributed by atoms with E-state index in [4.69, 9.17) is 16.7 Å². The first kappa shape index (κ1) is 13.6. The quantitative estimate of drug-likeness (QED) is 0.665. The largest absolute Gasteiger partial charge is 0.478 e. The summed E-state index contributed by atoms with van der Waals surface area (Å²) in [5.74, 6) is -1.94. The van der Waals surface area contributed by atoms with Gasteiger partial charge in [-0.15, -0.1) is 0 Å². The number of nitrogens with zero attached hydrogens (tertiary/aromatic N) is 1. The highest BCUT2D eigenvalue weighted by atomic mass is 35.5. The van der Waals surface area contributed by atoms with Crippen LogP contribution in [-0.4, -0.2) is 16.1 Å². The number of aromatic carboxylic acids is 1. The highest BCUT2D eigenvalue weighted by molar-refractivity contribution is 6.30. The molecule has 1 heterocycles. The number of alkyl halides is 5. The summed E-state index contributed by atoms with van der Waals surface area (Å²) in [6, 6.07) is 0. The molecule has 0 unspecified atom stereocenters. The lowest BCUT2D eigenvalue weighted by Crippen LogP contribution is -2.16. The SMILES string of the molecule is O=C(O)c1cnc(Cl)c(C(F)(F)F)c1C(F)F. The molecule has 0 radical (unpaired) electrons. The van der Waals surface area contributed by atoms with Crippen LogP contribution in [0, 0.1) is 0 Å². The zero-order chi connectivity index (χ0) is 13.4. The lowest BCUT2D eigenvalue weighted by molar-refractivity contribution is -0.139. The van der Waals surface area contributed by atoms with Crippen LogP contribution in [-0.2, 0) is 6.18 Å². The van der Waals surface area contributed by atoms with Gasteiger partial charge in [-0.2, -0.15) is 13.2 Å². The van der Waals surface area contributed by atoms with Crippen molar-refractivity contribution in [1.29, 1.82) is 0 Å². The van der Waals surface area contributed by atoms with Gasteiger partial charge in [-0.25, -0.2) is 18.6 Å².